The van der Waals surface area contributed by atoms with E-state index in [0.29, 0.717) is 6.42 Å². The van der Waals surface area contributed by atoms with Gasteiger partial charge < -0.3 is 4.74 Å². The molecule has 0 aliphatic rings. The lowest BCUT2D eigenvalue weighted by Gasteiger charge is -2.16. The van der Waals surface area contributed by atoms with Gasteiger partial charge in [0.1, 0.15) is 0 Å². The molecule has 0 spiro atoms. The summed E-state index contributed by atoms with van der Waals surface area (Å²) in [5.74, 6) is -0.656. The van der Waals surface area contributed by atoms with Crippen LogP contribution in [0.4, 0.5) is 0 Å². The number of rotatable bonds is 9. The van der Waals surface area contributed by atoms with E-state index in [1.54, 1.807) is 26.0 Å². The van der Waals surface area contributed by atoms with Crippen LogP contribution in [0.5, 0.6) is 0 Å². The predicted molar refractivity (Wildman–Crippen MR) is 99.3 cm³/mol. The van der Waals surface area contributed by atoms with E-state index in [9.17, 15) is 13.2 Å². The van der Waals surface area contributed by atoms with E-state index in [-0.39, 0.29) is 17.9 Å². The summed E-state index contributed by atoms with van der Waals surface area (Å²) in [4.78, 5) is 12.2. The molecule has 2 aromatic carbocycles. The molecular weight excluding hydrogens is 352 g/mol. The van der Waals surface area contributed by atoms with E-state index in [1.165, 1.54) is 12.1 Å². The fraction of sp³-hybridized carbons (Fsp3) is 0.350. The minimum Gasteiger partial charge on any atom is -0.464 e. The molecule has 0 saturated carbocycles. The third-order valence-electron chi connectivity index (χ3n) is 3.85. The molecule has 0 bridgehead atoms. The highest BCUT2D eigenvalue weighted by Crippen LogP contribution is 2.19. The van der Waals surface area contributed by atoms with E-state index in [2.05, 4.69) is 0 Å². The lowest BCUT2D eigenvalue weighted by molar-refractivity contribution is -0.151. The van der Waals surface area contributed by atoms with E-state index in [4.69, 9.17) is 8.92 Å². The lowest BCUT2D eigenvalue weighted by Crippen LogP contribution is -2.29. The molecule has 5 nitrogen and oxygen atoms in total. The Morgan fingerprint density at radius 2 is 1.81 bits per heavy atom. The van der Waals surface area contributed by atoms with Crippen molar-refractivity contribution in [1.29, 1.82) is 0 Å². The molecule has 0 unspecified atom stereocenters. The highest BCUT2D eigenvalue weighted by Gasteiger charge is 2.28. The Bertz CT molecular complexity index is 815. The fourth-order valence-electron chi connectivity index (χ4n) is 2.56. The first-order valence-electron chi connectivity index (χ1n) is 8.63. The van der Waals surface area contributed by atoms with Crippen molar-refractivity contribution in [2.75, 3.05) is 6.61 Å². The summed E-state index contributed by atoms with van der Waals surface area (Å²) in [6.45, 7) is 3.64. The van der Waals surface area contributed by atoms with Crippen molar-refractivity contribution in [3.8, 4) is 0 Å². The second-order valence-electron chi connectivity index (χ2n) is 5.99. The van der Waals surface area contributed by atoms with Gasteiger partial charge in [0.25, 0.3) is 10.1 Å². The average Bonchev–Trinajstić information content (AvgIpc) is 2.62. The van der Waals surface area contributed by atoms with E-state index in [0.717, 1.165) is 17.5 Å². The van der Waals surface area contributed by atoms with Crippen LogP contribution in [-0.4, -0.2) is 27.1 Å². The first-order chi connectivity index (χ1) is 12.4. The summed E-state index contributed by atoms with van der Waals surface area (Å²) < 4.78 is 35.2. The third kappa shape index (κ3) is 5.97. The molecule has 0 aromatic heterocycles. The Morgan fingerprint density at radius 3 is 2.46 bits per heavy atom. The number of hydrogen-bond acceptors (Lipinski definition) is 5. The van der Waals surface area contributed by atoms with Crippen molar-refractivity contribution in [2.24, 2.45) is 0 Å². The number of esters is 1. The third-order valence-corrected chi connectivity index (χ3v) is 5.16. The molecule has 0 amide bonds. The predicted octanol–water partition coefficient (Wildman–Crippen LogP) is 3.65. The number of carbonyl (C=O) groups is 1. The fourth-order valence-corrected chi connectivity index (χ4v) is 3.72. The van der Waals surface area contributed by atoms with Gasteiger partial charge in [0.2, 0.25) is 0 Å². The molecule has 2 rings (SSSR count). The number of ether oxygens (including phenoxy) is 1. The molecule has 0 radical (unpaired) electrons. The zero-order chi connectivity index (χ0) is 19.0. The van der Waals surface area contributed by atoms with Crippen molar-refractivity contribution in [3.05, 3.63) is 65.7 Å². The maximum atomic E-state index is 12.5. The maximum absolute atomic E-state index is 12.5. The van der Waals surface area contributed by atoms with Crippen LogP contribution in [0.2, 0.25) is 0 Å². The minimum atomic E-state index is -4.04. The first kappa shape index (κ1) is 20.1. The summed E-state index contributed by atoms with van der Waals surface area (Å²) in [5.41, 5.74) is 1.92. The molecule has 26 heavy (non-hydrogen) atoms. The second-order valence-corrected chi connectivity index (χ2v) is 7.56. The molecule has 6 heteroatoms. The Kier molecular flexibility index (Phi) is 7.36. The Labute approximate surface area is 155 Å². The maximum Gasteiger partial charge on any atom is 0.336 e. The highest BCUT2D eigenvalue weighted by molar-refractivity contribution is 7.86. The second kappa shape index (κ2) is 9.50. The summed E-state index contributed by atoms with van der Waals surface area (Å²) >= 11 is 0. The molecule has 0 N–H and O–H groups in total. The summed E-state index contributed by atoms with van der Waals surface area (Å²) in [7, 11) is -4.04. The van der Waals surface area contributed by atoms with Crippen LogP contribution in [0.25, 0.3) is 0 Å². The quantitative estimate of drug-likeness (QED) is 0.493. The van der Waals surface area contributed by atoms with Crippen molar-refractivity contribution in [1.82, 2.24) is 0 Å². The van der Waals surface area contributed by atoms with Gasteiger partial charge in [-0.1, -0.05) is 42.5 Å². The largest absolute Gasteiger partial charge is 0.464 e. The number of hydrogen-bond donors (Lipinski definition) is 0. The van der Waals surface area contributed by atoms with Crippen molar-refractivity contribution < 1.29 is 22.1 Å². The van der Waals surface area contributed by atoms with Gasteiger partial charge in [-0.2, -0.15) is 8.42 Å². The Hall–Kier alpha value is -2.18. The average molecular weight is 376 g/mol. The van der Waals surface area contributed by atoms with Crippen LogP contribution in [0.15, 0.2) is 59.5 Å². The van der Waals surface area contributed by atoms with Crippen LogP contribution in [0.3, 0.4) is 0 Å². The van der Waals surface area contributed by atoms with E-state index < -0.39 is 22.2 Å². The topological polar surface area (TPSA) is 69.7 Å². The summed E-state index contributed by atoms with van der Waals surface area (Å²) in [6.07, 6.45) is 0.449. The van der Waals surface area contributed by atoms with Gasteiger partial charge in [-0.15, -0.1) is 0 Å². The number of benzene rings is 2. The molecular formula is C20H24O5S. The van der Waals surface area contributed by atoms with Crippen LogP contribution < -0.4 is 0 Å². The van der Waals surface area contributed by atoms with Gasteiger partial charge in [-0.05, 0) is 56.4 Å². The minimum absolute atomic E-state index is 0.0369. The zero-order valence-corrected chi connectivity index (χ0v) is 15.9. The number of aryl methyl sites for hydroxylation is 2. The van der Waals surface area contributed by atoms with Crippen LogP contribution in [0.1, 0.15) is 30.9 Å². The van der Waals surface area contributed by atoms with Crippen LogP contribution >= 0.6 is 0 Å². The molecule has 1 atom stereocenters. The number of carbonyl (C=O) groups excluding carboxylic acids is 1. The normalized spacial score (nSPS) is 12.5. The van der Waals surface area contributed by atoms with E-state index in [1.807, 2.05) is 30.3 Å². The molecule has 0 heterocycles. The van der Waals surface area contributed by atoms with Gasteiger partial charge in [0.05, 0.1) is 11.5 Å². The molecule has 0 saturated heterocycles. The first-order valence-corrected chi connectivity index (χ1v) is 10.0. The molecule has 2 aromatic rings. The lowest BCUT2D eigenvalue weighted by atomic mass is 10.1. The van der Waals surface area contributed by atoms with E-state index >= 15 is 0 Å². The Balaban J connectivity index is 2.07. The van der Waals surface area contributed by atoms with Gasteiger partial charge in [-0.25, -0.2) is 4.79 Å². The summed E-state index contributed by atoms with van der Waals surface area (Å²) in [5, 5.41) is 0. The Morgan fingerprint density at radius 1 is 1.08 bits per heavy atom. The molecule has 140 valence electrons. The smallest absolute Gasteiger partial charge is 0.336 e. The SMILES string of the molecule is CCOC(=O)[C@@H](CCCc1ccccc1)OS(=O)(=O)c1cccc(C)c1. The monoisotopic (exact) mass is 376 g/mol. The highest BCUT2D eigenvalue weighted by atomic mass is 32.2. The molecule has 0 fully saturated rings. The van der Waals surface area contributed by atoms with Gasteiger partial charge in [0, 0.05) is 0 Å². The van der Waals surface area contributed by atoms with Gasteiger partial charge in [0.15, 0.2) is 6.10 Å². The molecule has 0 aliphatic heterocycles. The van der Waals surface area contributed by atoms with Gasteiger partial charge in [-0.3, -0.25) is 4.18 Å². The summed E-state index contributed by atoms with van der Waals surface area (Å²) in [6, 6.07) is 16.2. The van der Waals surface area contributed by atoms with Crippen molar-refractivity contribution in [2.45, 2.75) is 44.1 Å². The molecule has 0 aliphatic carbocycles. The van der Waals surface area contributed by atoms with Crippen molar-refractivity contribution >= 4 is 16.1 Å². The van der Waals surface area contributed by atoms with Crippen LogP contribution in [-0.2, 0) is 30.3 Å². The van der Waals surface area contributed by atoms with Crippen LogP contribution in [0, 0.1) is 6.92 Å². The van der Waals surface area contributed by atoms with Gasteiger partial charge >= 0.3 is 5.97 Å². The van der Waals surface area contributed by atoms with Crippen molar-refractivity contribution in [3.63, 3.8) is 0 Å². The zero-order valence-electron chi connectivity index (χ0n) is 15.1. The standard InChI is InChI=1S/C20H24O5S/c1-3-24-20(21)19(14-8-12-17-10-5-4-6-11-17)25-26(22,23)18-13-7-9-16(2)15-18/h4-7,9-11,13,15,19H,3,8,12,14H2,1-2H3/t19-/m1/s1.